The Labute approximate surface area is 123 Å². The van der Waals surface area contributed by atoms with Crippen molar-refractivity contribution >= 4 is 10.9 Å². The third-order valence-corrected chi connectivity index (χ3v) is 3.52. The number of hydrogen-bond acceptors (Lipinski definition) is 5. The fourth-order valence-electron chi connectivity index (χ4n) is 2.09. The minimum atomic E-state index is -0.612. The molecule has 0 amide bonds. The summed E-state index contributed by atoms with van der Waals surface area (Å²) in [6.45, 7) is 1.84. The van der Waals surface area contributed by atoms with Crippen molar-refractivity contribution in [2.75, 3.05) is 13.2 Å². The zero-order chi connectivity index (χ0) is 15.4. The average molecular weight is 293 g/mol. The zero-order valence-electron chi connectivity index (χ0n) is 12.1. The van der Waals surface area contributed by atoms with Crippen molar-refractivity contribution in [1.82, 2.24) is 4.98 Å². The number of nitrogens with one attached hydrogen (secondary N) is 1. The molecule has 0 bridgehead atoms. The van der Waals surface area contributed by atoms with Gasteiger partial charge in [0.05, 0.1) is 18.8 Å². The number of hydrogen-bond donors (Lipinski definition) is 5. The number of aromatic amines is 1. The molecule has 6 nitrogen and oxygen atoms in total. The van der Waals surface area contributed by atoms with Crippen LogP contribution >= 0.6 is 0 Å². The van der Waals surface area contributed by atoms with Crippen molar-refractivity contribution in [3.05, 3.63) is 30.0 Å². The number of rotatable bonds is 7. The van der Waals surface area contributed by atoms with Gasteiger partial charge in [-0.2, -0.15) is 0 Å². The molecule has 116 valence electrons. The van der Waals surface area contributed by atoms with E-state index in [0.29, 0.717) is 12.2 Å². The molecular weight excluding hydrogens is 270 g/mol. The van der Waals surface area contributed by atoms with Gasteiger partial charge in [-0.15, -0.1) is 0 Å². The quantitative estimate of drug-likeness (QED) is 0.497. The highest BCUT2D eigenvalue weighted by Gasteiger charge is 2.12. The lowest BCUT2D eigenvalue weighted by atomic mass is 10.1. The van der Waals surface area contributed by atoms with Crippen LogP contribution in [-0.2, 0) is 6.42 Å². The first-order chi connectivity index (χ1) is 10.0. The van der Waals surface area contributed by atoms with Crippen LogP contribution in [-0.4, -0.2) is 46.6 Å². The number of aliphatic hydroxyl groups excluding tert-OH is 2. The zero-order valence-corrected chi connectivity index (χ0v) is 12.1. The van der Waals surface area contributed by atoms with Crippen molar-refractivity contribution in [3.63, 3.8) is 0 Å². The molecule has 0 radical (unpaired) electrons. The topological polar surface area (TPSA) is 118 Å². The Balaban J connectivity index is 2.14. The van der Waals surface area contributed by atoms with Gasteiger partial charge in [-0.05, 0) is 37.1 Å². The predicted octanol–water partition coefficient (Wildman–Crippen LogP) is 0.117. The first-order valence-corrected chi connectivity index (χ1v) is 7.04. The number of nitrogens with two attached hydrogens (primary N) is 2. The lowest BCUT2D eigenvalue weighted by molar-refractivity contribution is 0.131. The summed E-state index contributed by atoms with van der Waals surface area (Å²) in [6, 6.07) is 4.99. The SMILES string of the molecule is C[C@@H](O)[C@H](N)COc1ccc2[nH]cc(C[C@H](N)CO)c2c1. The van der Waals surface area contributed by atoms with Crippen LogP contribution in [0.15, 0.2) is 24.4 Å². The van der Waals surface area contributed by atoms with Crippen LogP contribution in [0.3, 0.4) is 0 Å². The lowest BCUT2D eigenvalue weighted by Crippen LogP contribution is -2.37. The second-order valence-corrected chi connectivity index (χ2v) is 5.38. The number of aromatic nitrogens is 1. The molecule has 3 atom stereocenters. The molecule has 21 heavy (non-hydrogen) atoms. The summed E-state index contributed by atoms with van der Waals surface area (Å²) in [6.07, 6.45) is 1.87. The maximum atomic E-state index is 9.36. The van der Waals surface area contributed by atoms with Crippen molar-refractivity contribution < 1.29 is 14.9 Å². The molecule has 0 saturated carbocycles. The Hall–Kier alpha value is -1.60. The van der Waals surface area contributed by atoms with E-state index in [1.165, 1.54) is 0 Å². The molecule has 6 heteroatoms. The lowest BCUT2D eigenvalue weighted by Gasteiger charge is -2.15. The van der Waals surface area contributed by atoms with E-state index in [9.17, 15) is 5.11 Å². The highest BCUT2D eigenvalue weighted by atomic mass is 16.5. The standard InChI is InChI=1S/C15H23N3O3/c1-9(20)14(17)8-21-12-2-3-15-13(5-12)10(6-18-15)4-11(16)7-19/h2-3,5-6,9,11,14,18-20H,4,7-8,16-17H2,1H3/t9-,11+,14-/m1/s1. The number of H-pyrrole nitrogens is 1. The normalized spacial score (nSPS) is 15.9. The summed E-state index contributed by atoms with van der Waals surface area (Å²) in [5.74, 6) is 0.692. The number of benzene rings is 1. The molecule has 0 unspecified atom stereocenters. The Morgan fingerprint density at radius 3 is 2.76 bits per heavy atom. The van der Waals surface area contributed by atoms with Crippen LogP contribution < -0.4 is 16.2 Å². The second kappa shape index (κ2) is 6.91. The van der Waals surface area contributed by atoms with E-state index in [0.717, 1.165) is 16.5 Å². The highest BCUT2D eigenvalue weighted by molar-refractivity contribution is 5.84. The molecule has 0 spiro atoms. The van der Waals surface area contributed by atoms with Gasteiger partial charge in [0.15, 0.2) is 0 Å². The van der Waals surface area contributed by atoms with E-state index in [1.807, 2.05) is 24.4 Å². The van der Waals surface area contributed by atoms with Gasteiger partial charge < -0.3 is 31.4 Å². The van der Waals surface area contributed by atoms with E-state index in [2.05, 4.69) is 4.98 Å². The molecule has 0 aliphatic rings. The maximum Gasteiger partial charge on any atom is 0.120 e. The number of fused-ring (bicyclic) bond motifs is 1. The van der Waals surface area contributed by atoms with Crippen LogP contribution in [0.4, 0.5) is 0 Å². The van der Waals surface area contributed by atoms with E-state index in [1.54, 1.807) is 6.92 Å². The summed E-state index contributed by atoms with van der Waals surface area (Å²) in [7, 11) is 0. The Morgan fingerprint density at radius 1 is 1.33 bits per heavy atom. The molecular formula is C15H23N3O3. The summed E-state index contributed by atoms with van der Waals surface area (Å²) in [4.78, 5) is 3.17. The van der Waals surface area contributed by atoms with E-state index < -0.39 is 12.1 Å². The Bertz CT molecular complexity index is 583. The summed E-state index contributed by atoms with van der Waals surface area (Å²) >= 11 is 0. The monoisotopic (exact) mass is 293 g/mol. The van der Waals surface area contributed by atoms with Gasteiger partial charge >= 0.3 is 0 Å². The number of ether oxygens (including phenoxy) is 1. The van der Waals surface area contributed by atoms with Gasteiger partial charge in [-0.3, -0.25) is 0 Å². The van der Waals surface area contributed by atoms with Crippen molar-refractivity contribution in [3.8, 4) is 5.75 Å². The van der Waals surface area contributed by atoms with E-state index in [-0.39, 0.29) is 19.3 Å². The van der Waals surface area contributed by atoms with Crippen LogP contribution in [0, 0.1) is 0 Å². The van der Waals surface area contributed by atoms with Gasteiger partial charge in [0.1, 0.15) is 12.4 Å². The molecule has 2 rings (SSSR count). The minimum absolute atomic E-state index is 0.0495. The molecule has 1 aromatic heterocycles. The first kappa shape index (κ1) is 15.8. The molecule has 0 fully saturated rings. The molecule has 1 aromatic carbocycles. The smallest absolute Gasteiger partial charge is 0.120 e. The van der Waals surface area contributed by atoms with Crippen molar-refractivity contribution in [1.29, 1.82) is 0 Å². The van der Waals surface area contributed by atoms with Gasteiger partial charge in [0.2, 0.25) is 0 Å². The molecule has 1 heterocycles. The minimum Gasteiger partial charge on any atom is -0.492 e. The van der Waals surface area contributed by atoms with E-state index in [4.69, 9.17) is 21.3 Å². The molecule has 0 aliphatic carbocycles. The average Bonchev–Trinajstić information content (AvgIpc) is 2.86. The summed E-state index contributed by atoms with van der Waals surface area (Å²) < 4.78 is 5.61. The maximum absolute atomic E-state index is 9.36. The predicted molar refractivity (Wildman–Crippen MR) is 82.2 cm³/mol. The Morgan fingerprint density at radius 2 is 2.10 bits per heavy atom. The van der Waals surface area contributed by atoms with Crippen LogP contribution in [0.1, 0.15) is 12.5 Å². The molecule has 7 N–H and O–H groups in total. The summed E-state index contributed by atoms with van der Waals surface area (Å²) in [5.41, 5.74) is 13.6. The van der Waals surface area contributed by atoms with Gasteiger partial charge in [-0.25, -0.2) is 0 Å². The van der Waals surface area contributed by atoms with Gasteiger partial charge in [0, 0.05) is 23.1 Å². The van der Waals surface area contributed by atoms with Crippen molar-refractivity contribution in [2.24, 2.45) is 11.5 Å². The highest BCUT2D eigenvalue weighted by Crippen LogP contribution is 2.24. The van der Waals surface area contributed by atoms with Gasteiger partial charge in [0.25, 0.3) is 0 Å². The largest absolute Gasteiger partial charge is 0.492 e. The molecule has 2 aromatic rings. The Kier molecular flexibility index (Phi) is 5.19. The third kappa shape index (κ3) is 3.95. The van der Waals surface area contributed by atoms with Crippen LogP contribution in [0.5, 0.6) is 5.75 Å². The van der Waals surface area contributed by atoms with Crippen LogP contribution in [0.2, 0.25) is 0 Å². The molecule has 0 saturated heterocycles. The third-order valence-electron chi connectivity index (χ3n) is 3.52. The fourth-order valence-corrected chi connectivity index (χ4v) is 2.09. The molecule has 0 aliphatic heterocycles. The summed E-state index contributed by atoms with van der Waals surface area (Å²) in [5, 5.41) is 19.4. The number of aliphatic hydroxyl groups is 2. The van der Waals surface area contributed by atoms with E-state index >= 15 is 0 Å². The first-order valence-electron chi connectivity index (χ1n) is 7.04. The second-order valence-electron chi connectivity index (χ2n) is 5.38. The van der Waals surface area contributed by atoms with Crippen LogP contribution in [0.25, 0.3) is 10.9 Å². The van der Waals surface area contributed by atoms with Gasteiger partial charge in [-0.1, -0.05) is 0 Å². The fraction of sp³-hybridized carbons (Fsp3) is 0.467. The van der Waals surface area contributed by atoms with Crippen molar-refractivity contribution in [2.45, 2.75) is 31.5 Å².